The van der Waals surface area contributed by atoms with Crippen LogP contribution in [0.25, 0.3) is 11.0 Å². The molecule has 4 aromatic rings. The van der Waals surface area contributed by atoms with E-state index in [1.165, 1.54) is 30.6 Å². The lowest BCUT2D eigenvalue weighted by Crippen LogP contribution is -2.14. The number of carbonyl (C=O) groups excluding carboxylic acids is 1. The van der Waals surface area contributed by atoms with Gasteiger partial charge in [0, 0.05) is 23.5 Å². The molecule has 0 atom stereocenters. The summed E-state index contributed by atoms with van der Waals surface area (Å²) in [6.07, 6.45) is 4.33. The molecule has 0 radical (unpaired) electrons. The number of allylic oxidation sites excluding steroid dienone is 1. The molecule has 0 aliphatic carbocycles. The van der Waals surface area contributed by atoms with Crippen LogP contribution in [0.5, 0.6) is 0 Å². The topological polar surface area (TPSA) is 101 Å². The van der Waals surface area contributed by atoms with Crippen molar-refractivity contribution in [3.63, 3.8) is 0 Å². The molecule has 0 amide bonds. The summed E-state index contributed by atoms with van der Waals surface area (Å²) in [5.74, 6) is 0.0147. The summed E-state index contributed by atoms with van der Waals surface area (Å²) >= 11 is 0. The number of carbonyl (C=O) groups is 1. The van der Waals surface area contributed by atoms with E-state index in [-0.39, 0.29) is 16.5 Å². The number of nitrogens with zero attached hydrogens (tertiary/aromatic N) is 2. The van der Waals surface area contributed by atoms with Crippen LogP contribution in [0.1, 0.15) is 15.9 Å². The second-order valence-electron chi connectivity index (χ2n) is 7.08. The van der Waals surface area contributed by atoms with E-state index in [0.29, 0.717) is 22.3 Å². The van der Waals surface area contributed by atoms with Crippen LogP contribution in [0, 0.1) is 6.92 Å². The number of rotatable bonds is 7. The van der Waals surface area contributed by atoms with Gasteiger partial charge in [0.1, 0.15) is 0 Å². The van der Waals surface area contributed by atoms with Crippen molar-refractivity contribution >= 4 is 38.3 Å². The number of benzene rings is 3. The van der Waals surface area contributed by atoms with Gasteiger partial charge < -0.3 is 5.32 Å². The SMILES string of the molecule is Cc1ccc(C(=O)/C=C/Nc2ccc(S(=O)(=O)Nc3cnc4ccccc4n3)cc2)cc1. The van der Waals surface area contributed by atoms with Crippen LogP contribution in [0.3, 0.4) is 0 Å². The largest absolute Gasteiger partial charge is 0.362 e. The molecular formula is C24H20N4O3S. The fourth-order valence-corrected chi connectivity index (χ4v) is 3.95. The minimum absolute atomic E-state index is 0.0812. The standard InChI is InChI=1S/C24H20N4O3S/c1-17-6-8-18(9-7-17)23(29)14-15-25-19-10-12-20(13-11-19)32(30,31)28-24-16-26-21-4-2-3-5-22(21)27-24/h2-16,25H,1H3,(H,27,28)/b15-14+. The third kappa shape index (κ3) is 4.98. The first-order valence-corrected chi connectivity index (χ1v) is 11.3. The molecule has 160 valence electrons. The molecule has 8 heteroatoms. The number of ketones is 1. The average Bonchev–Trinajstić information content (AvgIpc) is 2.79. The van der Waals surface area contributed by atoms with Gasteiger partial charge in [-0.15, -0.1) is 0 Å². The normalized spacial score (nSPS) is 11.5. The Morgan fingerprint density at radius 1 is 0.906 bits per heavy atom. The predicted molar refractivity (Wildman–Crippen MR) is 125 cm³/mol. The number of aryl methyl sites for hydroxylation is 1. The molecule has 0 spiro atoms. The van der Waals surface area contributed by atoms with Gasteiger partial charge in [0.25, 0.3) is 10.0 Å². The molecule has 0 saturated carbocycles. The van der Waals surface area contributed by atoms with E-state index < -0.39 is 10.0 Å². The van der Waals surface area contributed by atoms with Crippen molar-refractivity contribution < 1.29 is 13.2 Å². The van der Waals surface area contributed by atoms with Crippen LogP contribution in [-0.4, -0.2) is 24.2 Å². The molecule has 3 aromatic carbocycles. The number of para-hydroxylation sites is 2. The van der Waals surface area contributed by atoms with E-state index in [2.05, 4.69) is 20.0 Å². The summed E-state index contributed by atoms with van der Waals surface area (Å²) < 4.78 is 27.8. The van der Waals surface area contributed by atoms with Gasteiger partial charge in [0.05, 0.1) is 22.1 Å². The molecule has 0 aliphatic heterocycles. The molecule has 0 bridgehead atoms. The quantitative estimate of drug-likeness (QED) is 0.320. The number of fused-ring (bicyclic) bond motifs is 1. The zero-order chi connectivity index (χ0) is 22.6. The van der Waals surface area contributed by atoms with Gasteiger partial charge in [-0.3, -0.25) is 14.5 Å². The van der Waals surface area contributed by atoms with Crippen molar-refractivity contribution in [1.29, 1.82) is 0 Å². The molecule has 7 nitrogen and oxygen atoms in total. The molecule has 0 aliphatic rings. The smallest absolute Gasteiger partial charge is 0.263 e. The van der Waals surface area contributed by atoms with E-state index in [1.807, 2.05) is 31.2 Å². The fraction of sp³-hybridized carbons (Fsp3) is 0.0417. The molecule has 1 heterocycles. The van der Waals surface area contributed by atoms with Gasteiger partial charge in [-0.05, 0) is 43.3 Å². The molecule has 32 heavy (non-hydrogen) atoms. The zero-order valence-electron chi connectivity index (χ0n) is 17.2. The molecule has 0 fully saturated rings. The summed E-state index contributed by atoms with van der Waals surface area (Å²) in [6.45, 7) is 1.96. The number of hydrogen-bond donors (Lipinski definition) is 2. The van der Waals surface area contributed by atoms with Crippen molar-refractivity contribution in [2.45, 2.75) is 11.8 Å². The lowest BCUT2D eigenvalue weighted by Gasteiger charge is -2.08. The zero-order valence-corrected chi connectivity index (χ0v) is 18.0. The summed E-state index contributed by atoms with van der Waals surface area (Å²) in [5, 5.41) is 2.97. The van der Waals surface area contributed by atoms with Crippen molar-refractivity contribution in [3.8, 4) is 0 Å². The van der Waals surface area contributed by atoms with Crippen molar-refractivity contribution in [3.05, 3.63) is 102 Å². The number of sulfonamides is 1. The first kappa shape index (κ1) is 21.2. The van der Waals surface area contributed by atoms with Gasteiger partial charge >= 0.3 is 0 Å². The first-order chi connectivity index (χ1) is 15.4. The number of anilines is 2. The highest BCUT2D eigenvalue weighted by atomic mass is 32.2. The maximum absolute atomic E-state index is 12.7. The summed E-state index contributed by atoms with van der Waals surface area (Å²) in [6, 6.07) is 20.7. The Morgan fingerprint density at radius 3 is 2.31 bits per heavy atom. The predicted octanol–water partition coefficient (Wildman–Crippen LogP) is 4.55. The summed E-state index contributed by atoms with van der Waals surface area (Å²) in [5.41, 5.74) is 3.60. The summed E-state index contributed by atoms with van der Waals surface area (Å²) in [7, 11) is -3.82. The van der Waals surface area contributed by atoms with Crippen LogP contribution in [-0.2, 0) is 10.0 Å². The van der Waals surface area contributed by atoms with E-state index in [0.717, 1.165) is 5.56 Å². The number of aromatic nitrogens is 2. The van der Waals surface area contributed by atoms with E-state index in [1.54, 1.807) is 36.4 Å². The Morgan fingerprint density at radius 2 is 1.59 bits per heavy atom. The lowest BCUT2D eigenvalue weighted by molar-refractivity contribution is 0.104. The van der Waals surface area contributed by atoms with Crippen molar-refractivity contribution in [1.82, 2.24) is 9.97 Å². The number of nitrogens with one attached hydrogen (secondary N) is 2. The molecule has 4 rings (SSSR count). The molecule has 1 aromatic heterocycles. The Labute approximate surface area is 185 Å². The van der Waals surface area contributed by atoms with Gasteiger partial charge in [-0.1, -0.05) is 42.0 Å². The monoisotopic (exact) mass is 444 g/mol. The third-order valence-electron chi connectivity index (χ3n) is 4.67. The van der Waals surface area contributed by atoms with Crippen LogP contribution >= 0.6 is 0 Å². The van der Waals surface area contributed by atoms with Gasteiger partial charge in [0.2, 0.25) is 0 Å². The molecular weight excluding hydrogens is 424 g/mol. The highest BCUT2D eigenvalue weighted by molar-refractivity contribution is 7.92. The van der Waals surface area contributed by atoms with Gasteiger partial charge in [0.15, 0.2) is 11.6 Å². The lowest BCUT2D eigenvalue weighted by atomic mass is 10.1. The minimum Gasteiger partial charge on any atom is -0.362 e. The highest BCUT2D eigenvalue weighted by Gasteiger charge is 2.15. The van der Waals surface area contributed by atoms with Gasteiger partial charge in [-0.25, -0.2) is 13.4 Å². The highest BCUT2D eigenvalue weighted by Crippen LogP contribution is 2.18. The van der Waals surface area contributed by atoms with Crippen molar-refractivity contribution in [2.24, 2.45) is 0 Å². The van der Waals surface area contributed by atoms with Crippen molar-refractivity contribution in [2.75, 3.05) is 10.0 Å². The Balaban J connectivity index is 1.41. The van der Waals surface area contributed by atoms with E-state index in [4.69, 9.17) is 0 Å². The first-order valence-electron chi connectivity index (χ1n) is 9.79. The van der Waals surface area contributed by atoms with Crippen LogP contribution in [0.15, 0.2) is 96.2 Å². The Kier molecular flexibility index (Phi) is 5.96. The van der Waals surface area contributed by atoms with Crippen LogP contribution in [0.4, 0.5) is 11.5 Å². The second-order valence-corrected chi connectivity index (χ2v) is 8.76. The second kappa shape index (κ2) is 8.99. The third-order valence-corrected chi connectivity index (χ3v) is 6.04. The molecule has 0 unspecified atom stereocenters. The average molecular weight is 445 g/mol. The van der Waals surface area contributed by atoms with E-state index in [9.17, 15) is 13.2 Å². The molecule has 0 saturated heterocycles. The van der Waals surface area contributed by atoms with E-state index >= 15 is 0 Å². The number of hydrogen-bond acceptors (Lipinski definition) is 6. The Bertz CT molecular complexity index is 1400. The maximum atomic E-state index is 12.7. The maximum Gasteiger partial charge on any atom is 0.263 e. The fourth-order valence-electron chi connectivity index (χ4n) is 2.96. The summed E-state index contributed by atoms with van der Waals surface area (Å²) in [4.78, 5) is 20.7. The molecule has 2 N–H and O–H groups in total. The van der Waals surface area contributed by atoms with Crippen LogP contribution < -0.4 is 10.0 Å². The van der Waals surface area contributed by atoms with Gasteiger partial charge in [-0.2, -0.15) is 0 Å². The van der Waals surface area contributed by atoms with Crippen LogP contribution in [0.2, 0.25) is 0 Å². The Hall–Kier alpha value is -4.04. The minimum atomic E-state index is -3.82.